The van der Waals surface area contributed by atoms with Gasteiger partial charge in [-0.1, -0.05) is 70.1 Å². The van der Waals surface area contributed by atoms with Crippen molar-refractivity contribution in [3.8, 4) is 17.2 Å². The molecule has 0 unspecified atom stereocenters. The number of unbranched alkanes of at least 4 members (excludes halogenated alkanes) is 9. The molecule has 0 saturated heterocycles. The van der Waals surface area contributed by atoms with Crippen molar-refractivity contribution in [1.82, 2.24) is 0 Å². The van der Waals surface area contributed by atoms with E-state index in [0.29, 0.717) is 56.0 Å². The Balaban J connectivity index is 1.20. The first kappa shape index (κ1) is 44.8. The molecule has 55 heavy (non-hydrogen) atoms. The molecule has 1 aliphatic carbocycles. The summed E-state index contributed by atoms with van der Waals surface area (Å²) in [4.78, 5) is 48.8. The van der Waals surface area contributed by atoms with Gasteiger partial charge in [-0.05, 0) is 107 Å². The van der Waals surface area contributed by atoms with Crippen molar-refractivity contribution in [2.75, 3.05) is 13.2 Å². The molecule has 0 aromatic heterocycles. The Bertz CT molecular complexity index is 1550. The molecule has 1 saturated carbocycles. The van der Waals surface area contributed by atoms with Crippen molar-refractivity contribution >= 4 is 30.0 Å². The van der Waals surface area contributed by atoms with Crippen LogP contribution in [0.5, 0.6) is 17.2 Å². The van der Waals surface area contributed by atoms with E-state index < -0.39 is 29.3 Å². The third kappa shape index (κ3) is 18.1. The van der Waals surface area contributed by atoms with Crippen molar-refractivity contribution in [2.24, 2.45) is 11.8 Å². The topological polar surface area (TPSA) is 114 Å². The molecule has 12 heteroatoms. The molecule has 9 nitrogen and oxygen atoms in total. The standard InChI is InChI=1S/C43H55F3O9/c1-31(43(44,45)46)39(48)52-30-14-12-10-8-6-5-7-9-11-13-29-51-35-24-26-37(27-25-35)54-41(50)34-20-18-33(19-21-34)40(49)53-36-22-15-32(16-23-36)17-28-38(47)55-42(2,3)4/h15-17,22-28,33-34H,1,5-14,18-21,29-30H2,2-4H3. The van der Waals surface area contributed by atoms with Gasteiger partial charge in [-0.2, -0.15) is 13.2 Å². The van der Waals surface area contributed by atoms with Crippen molar-refractivity contribution < 1.29 is 56.0 Å². The lowest BCUT2D eigenvalue weighted by molar-refractivity contribution is -0.151. The predicted octanol–water partition coefficient (Wildman–Crippen LogP) is 10.3. The molecule has 0 heterocycles. The second-order valence-electron chi connectivity index (χ2n) is 14.8. The van der Waals surface area contributed by atoms with Crippen LogP contribution in [0.2, 0.25) is 0 Å². The Hall–Kier alpha value is -4.61. The zero-order chi connectivity index (χ0) is 40.3. The zero-order valence-electron chi connectivity index (χ0n) is 32.3. The van der Waals surface area contributed by atoms with Gasteiger partial charge in [0.1, 0.15) is 28.4 Å². The summed E-state index contributed by atoms with van der Waals surface area (Å²) in [7, 11) is 0. The smallest absolute Gasteiger partial charge is 0.422 e. The second-order valence-corrected chi connectivity index (χ2v) is 14.8. The number of rotatable bonds is 21. The van der Waals surface area contributed by atoms with Gasteiger partial charge in [0.15, 0.2) is 0 Å². The lowest BCUT2D eigenvalue weighted by atomic mass is 9.82. The van der Waals surface area contributed by atoms with Crippen LogP contribution >= 0.6 is 0 Å². The van der Waals surface area contributed by atoms with E-state index in [4.69, 9.17) is 18.9 Å². The zero-order valence-corrected chi connectivity index (χ0v) is 32.3. The molecule has 1 aliphatic rings. The molecule has 302 valence electrons. The van der Waals surface area contributed by atoms with Gasteiger partial charge in [-0.3, -0.25) is 9.59 Å². The number of carbonyl (C=O) groups excluding carboxylic acids is 4. The van der Waals surface area contributed by atoms with E-state index in [9.17, 15) is 32.3 Å². The number of alkyl halides is 3. The normalized spacial score (nSPS) is 16.0. The monoisotopic (exact) mass is 772 g/mol. The first-order valence-electron chi connectivity index (χ1n) is 19.2. The Morgan fingerprint density at radius 2 is 1.07 bits per heavy atom. The van der Waals surface area contributed by atoms with Gasteiger partial charge >= 0.3 is 30.1 Å². The van der Waals surface area contributed by atoms with Crippen LogP contribution in [0, 0.1) is 11.8 Å². The molecule has 3 rings (SSSR count). The summed E-state index contributed by atoms with van der Waals surface area (Å²) in [6.07, 6.45) is 10.1. The number of ether oxygens (including phenoxy) is 5. The minimum atomic E-state index is -4.76. The highest BCUT2D eigenvalue weighted by Crippen LogP contribution is 2.32. The van der Waals surface area contributed by atoms with Gasteiger partial charge in [0.2, 0.25) is 0 Å². The molecule has 0 spiro atoms. The maximum Gasteiger partial charge on any atom is 0.422 e. The summed E-state index contributed by atoms with van der Waals surface area (Å²) < 4.78 is 64.1. The van der Waals surface area contributed by atoms with Crippen molar-refractivity contribution in [3.05, 3.63) is 72.3 Å². The van der Waals surface area contributed by atoms with E-state index in [1.807, 2.05) is 0 Å². The Kier molecular flexibility index (Phi) is 18.5. The summed E-state index contributed by atoms with van der Waals surface area (Å²) in [5, 5.41) is 0. The quantitative estimate of drug-likeness (QED) is 0.0529. The van der Waals surface area contributed by atoms with Crippen molar-refractivity contribution in [2.45, 2.75) is 122 Å². The molecule has 0 amide bonds. The predicted molar refractivity (Wildman–Crippen MR) is 202 cm³/mol. The Labute approximate surface area is 322 Å². The van der Waals surface area contributed by atoms with Gasteiger partial charge in [-0.25, -0.2) is 9.59 Å². The molecule has 2 aromatic carbocycles. The fourth-order valence-corrected chi connectivity index (χ4v) is 5.89. The van der Waals surface area contributed by atoms with Crippen LogP contribution in [0.1, 0.15) is 116 Å². The van der Waals surface area contributed by atoms with Gasteiger partial charge < -0.3 is 23.7 Å². The van der Waals surface area contributed by atoms with Crippen molar-refractivity contribution in [1.29, 1.82) is 0 Å². The molecular weight excluding hydrogens is 717 g/mol. The Morgan fingerprint density at radius 3 is 1.53 bits per heavy atom. The SMILES string of the molecule is C=C(C(=O)OCCCCCCCCCCCCOc1ccc(OC(=O)C2CCC(C(=O)Oc3ccc(C=CC(=O)OC(C)(C)C)cc3)CC2)cc1)C(F)(F)F. The lowest BCUT2D eigenvalue weighted by Crippen LogP contribution is -2.30. The molecule has 0 radical (unpaired) electrons. The first-order chi connectivity index (χ1) is 26.1. The van der Waals surface area contributed by atoms with Crippen LogP contribution < -0.4 is 14.2 Å². The number of halogens is 3. The molecular formula is C43H55F3O9. The summed E-state index contributed by atoms with van der Waals surface area (Å²) in [6, 6.07) is 13.8. The van der Waals surface area contributed by atoms with E-state index in [1.165, 1.54) is 6.08 Å². The minimum Gasteiger partial charge on any atom is -0.494 e. The first-order valence-corrected chi connectivity index (χ1v) is 19.2. The van der Waals surface area contributed by atoms with Crippen LogP contribution in [0.4, 0.5) is 13.2 Å². The van der Waals surface area contributed by atoms with Crippen LogP contribution in [-0.4, -0.2) is 48.9 Å². The summed E-state index contributed by atoms with van der Waals surface area (Å²) >= 11 is 0. The number of benzene rings is 2. The highest BCUT2D eigenvalue weighted by atomic mass is 19.4. The van der Waals surface area contributed by atoms with E-state index in [-0.39, 0.29) is 30.4 Å². The van der Waals surface area contributed by atoms with E-state index in [0.717, 1.165) is 63.4 Å². The van der Waals surface area contributed by atoms with Gasteiger partial charge in [0.25, 0.3) is 0 Å². The van der Waals surface area contributed by atoms with Crippen LogP contribution in [0.25, 0.3) is 6.08 Å². The number of carbonyl (C=O) groups is 4. The summed E-state index contributed by atoms with van der Waals surface area (Å²) in [5.74, 6) is -1.52. The number of esters is 4. The third-order valence-electron chi connectivity index (χ3n) is 8.98. The minimum absolute atomic E-state index is 0.0301. The van der Waals surface area contributed by atoms with Gasteiger partial charge in [0, 0.05) is 6.08 Å². The van der Waals surface area contributed by atoms with E-state index in [1.54, 1.807) is 75.4 Å². The lowest BCUT2D eigenvalue weighted by Gasteiger charge is -2.25. The summed E-state index contributed by atoms with van der Waals surface area (Å²) in [5.41, 5.74) is -1.28. The molecule has 0 aliphatic heterocycles. The number of hydrogen-bond donors (Lipinski definition) is 0. The fourth-order valence-electron chi connectivity index (χ4n) is 5.89. The van der Waals surface area contributed by atoms with E-state index in [2.05, 4.69) is 11.3 Å². The highest BCUT2D eigenvalue weighted by molar-refractivity contribution is 5.89. The molecule has 1 fully saturated rings. The van der Waals surface area contributed by atoms with Crippen molar-refractivity contribution in [3.63, 3.8) is 0 Å². The largest absolute Gasteiger partial charge is 0.494 e. The highest BCUT2D eigenvalue weighted by Gasteiger charge is 2.38. The van der Waals surface area contributed by atoms with Crippen LogP contribution in [0.3, 0.4) is 0 Å². The average molecular weight is 773 g/mol. The van der Waals surface area contributed by atoms with E-state index >= 15 is 0 Å². The van der Waals surface area contributed by atoms with Gasteiger partial charge in [-0.15, -0.1) is 0 Å². The molecule has 2 aromatic rings. The Morgan fingerprint density at radius 1 is 0.655 bits per heavy atom. The average Bonchev–Trinajstić information content (AvgIpc) is 3.13. The third-order valence-corrected chi connectivity index (χ3v) is 8.98. The summed E-state index contributed by atoms with van der Waals surface area (Å²) in [6.45, 7) is 8.69. The van der Waals surface area contributed by atoms with Gasteiger partial charge in [0.05, 0.1) is 25.0 Å². The maximum atomic E-state index is 12.8. The second kappa shape index (κ2) is 22.7. The van der Waals surface area contributed by atoms with Crippen LogP contribution in [-0.2, 0) is 28.7 Å². The molecule has 0 N–H and O–H groups in total. The fraction of sp³-hybridized carbons (Fsp3) is 0.535. The van der Waals surface area contributed by atoms with Crippen LogP contribution in [0.15, 0.2) is 66.8 Å². The molecule has 0 bridgehead atoms. The number of hydrogen-bond acceptors (Lipinski definition) is 9. The molecule has 0 atom stereocenters. The maximum absolute atomic E-state index is 12.8.